The van der Waals surface area contributed by atoms with E-state index in [2.05, 4.69) is 31.5 Å². The predicted molar refractivity (Wildman–Crippen MR) is 81.3 cm³/mol. The average Bonchev–Trinajstić information content (AvgIpc) is 2.80. The Labute approximate surface area is 134 Å². The summed E-state index contributed by atoms with van der Waals surface area (Å²) in [6.07, 6.45) is 1.54. The Morgan fingerprint density at radius 3 is 2.64 bits per heavy atom. The maximum absolute atomic E-state index is 12.0. The molecule has 0 fully saturated rings. The summed E-state index contributed by atoms with van der Waals surface area (Å²) in [4.78, 5) is 39.0. The van der Waals surface area contributed by atoms with Crippen LogP contribution in [0.1, 0.15) is 36.8 Å². The van der Waals surface area contributed by atoms with Crippen molar-refractivity contribution in [1.82, 2.24) is 15.6 Å². The smallest absolute Gasteiger partial charge is 0.270 e. The summed E-state index contributed by atoms with van der Waals surface area (Å²) in [6.45, 7) is 0.241. The molecule has 1 aromatic heterocycles. The molecular formula is C15H10BrN3O3. The molecule has 1 aliphatic heterocycles. The van der Waals surface area contributed by atoms with Crippen molar-refractivity contribution in [3.63, 3.8) is 0 Å². The summed E-state index contributed by atoms with van der Waals surface area (Å²) in [5.74, 6) is -1.12. The van der Waals surface area contributed by atoms with Gasteiger partial charge in [-0.2, -0.15) is 0 Å². The lowest BCUT2D eigenvalue weighted by atomic mass is 10.1. The zero-order chi connectivity index (χ0) is 15.7. The molecule has 2 N–H and O–H groups in total. The summed E-state index contributed by atoms with van der Waals surface area (Å²) in [6, 6.07) is 8.22. The minimum atomic E-state index is -0.414. The molecule has 0 aliphatic carbocycles. The normalized spacial score (nSPS) is 12.8. The lowest BCUT2D eigenvalue weighted by Gasteiger charge is -2.06. The number of imide groups is 1. The van der Waals surface area contributed by atoms with E-state index in [4.69, 9.17) is 0 Å². The van der Waals surface area contributed by atoms with Crippen LogP contribution in [0.25, 0.3) is 0 Å². The van der Waals surface area contributed by atoms with Crippen LogP contribution in [0.15, 0.2) is 41.0 Å². The molecule has 1 aromatic carbocycles. The summed E-state index contributed by atoms with van der Waals surface area (Å²) in [5, 5.41) is 4.94. The van der Waals surface area contributed by atoms with E-state index < -0.39 is 11.8 Å². The van der Waals surface area contributed by atoms with Crippen LogP contribution >= 0.6 is 15.9 Å². The quantitative estimate of drug-likeness (QED) is 0.815. The van der Waals surface area contributed by atoms with Crippen molar-refractivity contribution in [2.75, 3.05) is 0 Å². The van der Waals surface area contributed by atoms with Crippen LogP contribution in [0.5, 0.6) is 0 Å². The highest BCUT2D eigenvalue weighted by Gasteiger charge is 2.26. The van der Waals surface area contributed by atoms with Crippen LogP contribution in [0.3, 0.4) is 0 Å². The Morgan fingerprint density at radius 1 is 1.14 bits per heavy atom. The number of fused-ring (bicyclic) bond motifs is 1. The SMILES string of the molecule is O=C(NCc1ccc2c(c1)C(=O)NC2=O)c1ccc(Br)cn1. The van der Waals surface area contributed by atoms with Gasteiger partial charge in [0.1, 0.15) is 5.69 Å². The third-order valence-electron chi connectivity index (χ3n) is 3.21. The van der Waals surface area contributed by atoms with Crippen molar-refractivity contribution in [1.29, 1.82) is 0 Å². The maximum Gasteiger partial charge on any atom is 0.270 e. The molecule has 0 atom stereocenters. The topological polar surface area (TPSA) is 88.2 Å². The van der Waals surface area contributed by atoms with Gasteiger partial charge in [0, 0.05) is 17.2 Å². The molecule has 0 saturated heterocycles. The first-order chi connectivity index (χ1) is 10.5. The second-order valence-electron chi connectivity index (χ2n) is 4.71. The first-order valence-corrected chi connectivity index (χ1v) is 7.22. The second-order valence-corrected chi connectivity index (χ2v) is 5.62. The Hall–Kier alpha value is -2.54. The zero-order valence-corrected chi connectivity index (χ0v) is 12.8. The summed E-state index contributed by atoms with van der Waals surface area (Å²) < 4.78 is 0.790. The minimum Gasteiger partial charge on any atom is -0.347 e. The standard InChI is InChI=1S/C15H10BrN3O3/c16-9-2-4-12(17-7-9)15(22)18-6-8-1-3-10-11(5-8)14(21)19-13(10)20/h1-5,7H,6H2,(H,18,22)(H,19,20,21). The maximum atomic E-state index is 12.0. The molecule has 2 aromatic rings. The minimum absolute atomic E-state index is 0.241. The van der Waals surface area contributed by atoms with Crippen LogP contribution in [-0.4, -0.2) is 22.7 Å². The summed E-state index contributed by atoms with van der Waals surface area (Å²) in [5.41, 5.74) is 1.72. The van der Waals surface area contributed by atoms with Crippen molar-refractivity contribution in [3.05, 3.63) is 63.4 Å². The monoisotopic (exact) mass is 359 g/mol. The van der Waals surface area contributed by atoms with E-state index in [1.807, 2.05) is 0 Å². The third-order valence-corrected chi connectivity index (χ3v) is 3.68. The highest BCUT2D eigenvalue weighted by atomic mass is 79.9. The zero-order valence-electron chi connectivity index (χ0n) is 11.2. The Balaban J connectivity index is 1.71. The highest BCUT2D eigenvalue weighted by Crippen LogP contribution is 2.17. The predicted octanol–water partition coefficient (Wildman–Crippen LogP) is 1.66. The van der Waals surface area contributed by atoms with Gasteiger partial charge in [-0.1, -0.05) is 6.07 Å². The molecule has 0 unspecified atom stereocenters. The Bertz CT molecular complexity index is 787. The van der Waals surface area contributed by atoms with Crippen molar-refractivity contribution in [2.45, 2.75) is 6.54 Å². The van der Waals surface area contributed by atoms with E-state index in [1.165, 1.54) is 0 Å². The number of pyridine rings is 1. The molecule has 0 bridgehead atoms. The van der Waals surface area contributed by atoms with Gasteiger partial charge in [0.05, 0.1) is 11.1 Å². The van der Waals surface area contributed by atoms with Gasteiger partial charge in [-0.3, -0.25) is 19.7 Å². The molecule has 7 heteroatoms. The summed E-state index contributed by atoms with van der Waals surface area (Å²) >= 11 is 3.25. The fourth-order valence-corrected chi connectivity index (χ4v) is 2.34. The molecule has 110 valence electrons. The van der Waals surface area contributed by atoms with E-state index in [0.717, 1.165) is 10.0 Å². The first-order valence-electron chi connectivity index (χ1n) is 6.43. The highest BCUT2D eigenvalue weighted by molar-refractivity contribution is 9.10. The van der Waals surface area contributed by atoms with Gasteiger partial charge in [-0.15, -0.1) is 0 Å². The number of aromatic nitrogens is 1. The lowest BCUT2D eigenvalue weighted by Crippen LogP contribution is -2.23. The fourth-order valence-electron chi connectivity index (χ4n) is 2.11. The molecule has 22 heavy (non-hydrogen) atoms. The number of hydrogen-bond donors (Lipinski definition) is 2. The summed E-state index contributed by atoms with van der Waals surface area (Å²) in [7, 11) is 0. The van der Waals surface area contributed by atoms with E-state index >= 15 is 0 Å². The number of rotatable bonds is 3. The van der Waals surface area contributed by atoms with Crippen LogP contribution in [0.4, 0.5) is 0 Å². The lowest BCUT2D eigenvalue weighted by molar-refractivity contribution is 0.0878. The molecule has 3 amide bonds. The second kappa shape index (κ2) is 5.69. The van der Waals surface area contributed by atoms with Gasteiger partial charge in [0.25, 0.3) is 17.7 Å². The van der Waals surface area contributed by atoms with E-state index in [-0.39, 0.29) is 12.5 Å². The van der Waals surface area contributed by atoms with Crippen molar-refractivity contribution >= 4 is 33.7 Å². The van der Waals surface area contributed by atoms with Gasteiger partial charge in [-0.05, 0) is 45.8 Å². The van der Waals surface area contributed by atoms with Gasteiger partial charge < -0.3 is 5.32 Å². The number of amides is 3. The number of carbonyl (C=O) groups is 3. The number of carbonyl (C=O) groups excluding carboxylic acids is 3. The molecule has 2 heterocycles. The number of benzene rings is 1. The van der Waals surface area contributed by atoms with E-state index in [1.54, 1.807) is 36.5 Å². The van der Waals surface area contributed by atoms with Crippen LogP contribution in [0, 0.1) is 0 Å². The van der Waals surface area contributed by atoms with Crippen LogP contribution < -0.4 is 10.6 Å². The van der Waals surface area contributed by atoms with Crippen LogP contribution in [0.2, 0.25) is 0 Å². The molecule has 0 radical (unpaired) electrons. The third kappa shape index (κ3) is 2.75. The fraction of sp³-hybridized carbons (Fsp3) is 0.0667. The largest absolute Gasteiger partial charge is 0.347 e. The number of nitrogens with one attached hydrogen (secondary N) is 2. The van der Waals surface area contributed by atoms with Gasteiger partial charge in [0.2, 0.25) is 0 Å². The molecule has 1 aliphatic rings. The van der Waals surface area contributed by atoms with E-state index in [0.29, 0.717) is 16.8 Å². The average molecular weight is 360 g/mol. The molecule has 3 rings (SSSR count). The van der Waals surface area contributed by atoms with Crippen molar-refractivity contribution in [2.24, 2.45) is 0 Å². The number of halogens is 1. The van der Waals surface area contributed by atoms with E-state index in [9.17, 15) is 14.4 Å². The molecule has 6 nitrogen and oxygen atoms in total. The van der Waals surface area contributed by atoms with Gasteiger partial charge in [-0.25, -0.2) is 4.98 Å². The Kier molecular flexibility index (Phi) is 3.72. The van der Waals surface area contributed by atoms with Crippen molar-refractivity contribution < 1.29 is 14.4 Å². The molecular weight excluding hydrogens is 350 g/mol. The van der Waals surface area contributed by atoms with Crippen LogP contribution in [-0.2, 0) is 6.54 Å². The first kappa shape index (κ1) is 14.4. The number of nitrogens with zero attached hydrogens (tertiary/aromatic N) is 1. The number of hydrogen-bond acceptors (Lipinski definition) is 4. The molecule has 0 spiro atoms. The van der Waals surface area contributed by atoms with Crippen molar-refractivity contribution in [3.8, 4) is 0 Å². The van der Waals surface area contributed by atoms with Gasteiger partial charge >= 0.3 is 0 Å². The molecule has 0 saturated carbocycles. The van der Waals surface area contributed by atoms with Gasteiger partial charge in [0.15, 0.2) is 0 Å². The Morgan fingerprint density at radius 2 is 1.91 bits per heavy atom.